The van der Waals surface area contributed by atoms with Crippen LogP contribution in [0, 0.1) is 5.92 Å². The highest BCUT2D eigenvalue weighted by Gasteiger charge is 2.25. The average molecular weight is 308 g/mol. The van der Waals surface area contributed by atoms with Gasteiger partial charge in [-0.05, 0) is 41.6 Å². The van der Waals surface area contributed by atoms with Gasteiger partial charge in [0.15, 0.2) is 0 Å². The van der Waals surface area contributed by atoms with Crippen molar-refractivity contribution in [2.75, 3.05) is 6.61 Å². The maximum atomic E-state index is 12.2. The van der Waals surface area contributed by atoms with Crippen molar-refractivity contribution in [3.8, 4) is 5.75 Å². The zero-order valence-electron chi connectivity index (χ0n) is 10.8. The molecule has 20 heavy (non-hydrogen) atoms. The summed E-state index contributed by atoms with van der Waals surface area (Å²) >= 11 is 7.62. The molecule has 0 saturated heterocycles. The van der Waals surface area contributed by atoms with Crippen molar-refractivity contribution in [1.29, 1.82) is 0 Å². The van der Waals surface area contributed by atoms with E-state index in [1.807, 2.05) is 29.6 Å². The lowest BCUT2D eigenvalue weighted by Crippen LogP contribution is -2.36. The van der Waals surface area contributed by atoms with Crippen LogP contribution in [-0.4, -0.2) is 12.5 Å². The summed E-state index contributed by atoms with van der Waals surface area (Å²) < 4.78 is 5.63. The van der Waals surface area contributed by atoms with E-state index < -0.39 is 0 Å². The predicted octanol–water partition coefficient (Wildman–Crippen LogP) is 3.27. The molecule has 1 aliphatic rings. The Morgan fingerprint density at radius 3 is 3.15 bits per heavy atom. The fourth-order valence-electron chi connectivity index (χ4n) is 2.26. The number of thiophene rings is 1. The van der Waals surface area contributed by atoms with Gasteiger partial charge in [-0.1, -0.05) is 17.7 Å². The largest absolute Gasteiger partial charge is 0.492 e. The Morgan fingerprint density at radius 1 is 1.45 bits per heavy atom. The quantitative estimate of drug-likeness (QED) is 0.945. The molecule has 0 aliphatic carbocycles. The van der Waals surface area contributed by atoms with Gasteiger partial charge in [-0.2, -0.15) is 0 Å². The maximum Gasteiger partial charge on any atom is 0.227 e. The normalized spacial score (nSPS) is 17.1. The summed E-state index contributed by atoms with van der Waals surface area (Å²) in [6.07, 6.45) is 0.673. The summed E-state index contributed by atoms with van der Waals surface area (Å²) in [5.74, 6) is 0.710. The maximum absolute atomic E-state index is 12.2. The second kappa shape index (κ2) is 5.85. The SMILES string of the molecule is O=C(NCc1cccs1)C1COc2ccc(Cl)cc2C1. The molecule has 0 fully saturated rings. The van der Waals surface area contributed by atoms with E-state index in [1.165, 1.54) is 0 Å². The summed E-state index contributed by atoms with van der Waals surface area (Å²) in [4.78, 5) is 13.3. The zero-order valence-corrected chi connectivity index (χ0v) is 12.3. The summed E-state index contributed by atoms with van der Waals surface area (Å²) in [6, 6.07) is 9.52. The van der Waals surface area contributed by atoms with E-state index in [9.17, 15) is 4.79 Å². The molecule has 2 heterocycles. The van der Waals surface area contributed by atoms with Gasteiger partial charge >= 0.3 is 0 Å². The summed E-state index contributed by atoms with van der Waals surface area (Å²) in [7, 11) is 0. The van der Waals surface area contributed by atoms with Gasteiger partial charge in [-0.25, -0.2) is 0 Å². The van der Waals surface area contributed by atoms with Crippen molar-refractivity contribution in [1.82, 2.24) is 5.32 Å². The van der Waals surface area contributed by atoms with Crippen molar-refractivity contribution in [3.05, 3.63) is 51.2 Å². The van der Waals surface area contributed by atoms with E-state index in [1.54, 1.807) is 17.4 Å². The Morgan fingerprint density at radius 2 is 2.35 bits per heavy atom. The van der Waals surface area contributed by atoms with Gasteiger partial charge in [0.05, 0.1) is 12.5 Å². The minimum Gasteiger partial charge on any atom is -0.492 e. The Balaban J connectivity index is 1.62. The summed E-state index contributed by atoms with van der Waals surface area (Å²) in [6.45, 7) is 1.00. The molecule has 1 amide bonds. The van der Waals surface area contributed by atoms with Gasteiger partial charge in [-0.3, -0.25) is 4.79 Å². The van der Waals surface area contributed by atoms with Gasteiger partial charge in [0.1, 0.15) is 12.4 Å². The molecule has 1 N–H and O–H groups in total. The van der Waals surface area contributed by atoms with Gasteiger partial charge in [0, 0.05) is 9.90 Å². The van der Waals surface area contributed by atoms with Crippen molar-refractivity contribution in [3.63, 3.8) is 0 Å². The highest BCUT2D eigenvalue weighted by atomic mass is 35.5. The topological polar surface area (TPSA) is 38.3 Å². The van der Waals surface area contributed by atoms with E-state index in [0.717, 1.165) is 16.2 Å². The van der Waals surface area contributed by atoms with E-state index >= 15 is 0 Å². The number of benzene rings is 1. The van der Waals surface area contributed by atoms with E-state index in [2.05, 4.69) is 5.32 Å². The number of fused-ring (bicyclic) bond motifs is 1. The molecule has 2 aromatic rings. The predicted molar refractivity (Wildman–Crippen MR) is 80.3 cm³/mol. The lowest BCUT2D eigenvalue weighted by Gasteiger charge is -2.24. The lowest BCUT2D eigenvalue weighted by molar-refractivity contribution is -0.126. The molecular formula is C15H14ClNO2S. The molecule has 1 aliphatic heterocycles. The Labute approximate surface area is 126 Å². The molecule has 5 heteroatoms. The third kappa shape index (κ3) is 2.97. The van der Waals surface area contributed by atoms with E-state index in [0.29, 0.717) is 24.6 Å². The minimum absolute atomic E-state index is 0.0315. The number of rotatable bonds is 3. The molecule has 1 unspecified atom stereocenters. The number of amides is 1. The molecule has 1 aromatic heterocycles. The molecule has 0 spiro atoms. The minimum atomic E-state index is -0.152. The monoisotopic (exact) mass is 307 g/mol. The first kappa shape index (κ1) is 13.5. The van der Waals surface area contributed by atoms with Crippen LogP contribution in [0.5, 0.6) is 5.75 Å². The van der Waals surface area contributed by atoms with E-state index in [-0.39, 0.29) is 11.8 Å². The van der Waals surface area contributed by atoms with Crippen molar-refractivity contribution in [2.45, 2.75) is 13.0 Å². The van der Waals surface area contributed by atoms with Gasteiger partial charge in [-0.15, -0.1) is 11.3 Å². The highest BCUT2D eigenvalue weighted by molar-refractivity contribution is 7.09. The van der Waals surface area contributed by atoms with Crippen LogP contribution in [0.4, 0.5) is 0 Å². The van der Waals surface area contributed by atoms with Crippen LogP contribution < -0.4 is 10.1 Å². The van der Waals surface area contributed by atoms with Crippen LogP contribution in [-0.2, 0) is 17.8 Å². The second-order valence-corrected chi connectivity index (χ2v) is 6.23. The number of hydrogen-bond acceptors (Lipinski definition) is 3. The average Bonchev–Trinajstić information content (AvgIpc) is 2.97. The molecule has 3 rings (SSSR count). The van der Waals surface area contributed by atoms with Crippen LogP contribution in [0.1, 0.15) is 10.4 Å². The van der Waals surface area contributed by atoms with Crippen LogP contribution in [0.15, 0.2) is 35.7 Å². The van der Waals surface area contributed by atoms with Crippen LogP contribution in [0.3, 0.4) is 0 Å². The number of halogens is 1. The van der Waals surface area contributed by atoms with Gasteiger partial charge < -0.3 is 10.1 Å². The van der Waals surface area contributed by atoms with Crippen molar-refractivity contribution < 1.29 is 9.53 Å². The summed E-state index contributed by atoms with van der Waals surface area (Å²) in [5.41, 5.74) is 1.00. The number of carbonyl (C=O) groups excluding carboxylic acids is 1. The van der Waals surface area contributed by atoms with E-state index in [4.69, 9.17) is 16.3 Å². The Bertz CT molecular complexity index is 612. The molecule has 0 radical (unpaired) electrons. The third-order valence-corrected chi connectivity index (χ3v) is 4.43. The zero-order chi connectivity index (χ0) is 13.9. The van der Waals surface area contributed by atoms with Gasteiger partial charge in [0.25, 0.3) is 0 Å². The highest BCUT2D eigenvalue weighted by Crippen LogP contribution is 2.29. The molecule has 3 nitrogen and oxygen atoms in total. The van der Waals surface area contributed by atoms with Crippen LogP contribution in [0.2, 0.25) is 5.02 Å². The van der Waals surface area contributed by atoms with Crippen molar-refractivity contribution >= 4 is 28.8 Å². The molecule has 1 aromatic carbocycles. The molecule has 1 atom stereocenters. The summed E-state index contributed by atoms with van der Waals surface area (Å²) in [5, 5.41) is 5.64. The number of carbonyl (C=O) groups is 1. The van der Waals surface area contributed by atoms with Gasteiger partial charge in [0.2, 0.25) is 5.91 Å². The van der Waals surface area contributed by atoms with Crippen molar-refractivity contribution in [2.24, 2.45) is 5.92 Å². The van der Waals surface area contributed by atoms with Crippen LogP contribution in [0.25, 0.3) is 0 Å². The molecule has 104 valence electrons. The smallest absolute Gasteiger partial charge is 0.227 e. The Kier molecular flexibility index (Phi) is 3.94. The first-order valence-electron chi connectivity index (χ1n) is 6.43. The standard InChI is InChI=1S/C15H14ClNO2S/c16-12-3-4-14-10(7-12)6-11(9-19-14)15(18)17-8-13-2-1-5-20-13/h1-5,7,11H,6,8-9H2,(H,17,18). The fourth-order valence-corrected chi connectivity index (χ4v) is 3.10. The van der Waals surface area contributed by atoms with Crippen LogP contribution >= 0.6 is 22.9 Å². The lowest BCUT2D eigenvalue weighted by atomic mass is 9.96. The molecule has 0 bridgehead atoms. The number of nitrogens with one attached hydrogen (secondary N) is 1. The molecular weight excluding hydrogens is 294 g/mol. The molecule has 0 saturated carbocycles. The first-order chi connectivity index (χ1) is 9.72. The second-order valence-electron chi connectivity index (χ2n) is 4.76. The Hall–Kier alpha value is -1.52. The number of hydrogen-bond donors (Lipinski definition) is 1. The fraction of sp³-hybridized carbons (Fsp3) is 0.267. The number of ether oxygens (including phenoxy) is 1. The first-order valence-corrected chi connectivity index (χ1v) is 7.69. The third-order valence-electron chi connectivity index (χ3n) is 3.32.